The topological polar surface area (TPSA) is 99.5 Å². The molecule has 1 aliphatic rings. The summed E-state index contributed by atoms with van der Waals surface area (Å²) in [5, 5.41) is 3.18. The number of hydrogen-bond acceptors (Lipinski definition) is 7. The van der Waals surface area contributed by atoms with Gasteiger partial charge in [-0.2, -0.15) is 4.98 Å². The lowest BCUT2D eigenvalue weighted by molar-refractivity contribution is -0.113. The summed E-state index contributed by atoms with van der Waals surface area (Å²) in [5.74, 6) is 0.473. The summed E-state index contributed by atoms with van der Waals surface area (Å²) < 4.78 is 12.3. The fraction of sp³-hybridized carbons (Fsp3) is 0.294. The number of ketones is 1. The van der Waals surface area contributed by atoms with Gasteiger partial charge in [0, 0.05) is 30.4 Å². The first kappa shape index (κ1) is 18.0. The number of Topliss-reactive ketones (excluding diaryl/α,β-unsaturated/α-hetero) is 1. The van der Waals surface area contributed by atoms with E-state index in [9.17, 15) is 14.4 Å². The van der Waals surface area contributed by atoms with Crippen LogP contribution < -0.4 is 20.3 Å². The second-order valence-corrected chi connectivity index (χ2v) is 6.42. The number of ether oxygens (including phenoxy) is 2. The minimum absolute atomic E-state index is 0.0439. The molecule has 2 heterocycles. The average molecular weight is 375 g/mol. The smallest absolute Gasteiger partial charge is 0.273 e. The molecule has 2 aromatic rings. The number of thioether (sulfide) groups is 1. The number of carbonyl (C=O) groups excluding carboxylic acids is 2. The normalized spacial score (nSPS) is 12.1. The molecule has 0 aliphatic carbocycles. The van der Waals surface area contributed by atoms with Gasteiger partial charge in [0.25, 0.3) is 5.56 Å². The maximum Gasteiger partial charge on any atom is 0.273 e. The van der Waals surface area contributed by atoms with Crippen LogP contribution in [0.25, 0.3) is 0 Å². The number of aryl methyl sites for hydroxylation is 1. The van der Waals surface area contributed by atoms with Crippen molar-refractivity contribution in [3.8, 4) is 11.5 Å². The lowest BCUT2D eigenvalue weighted by atomic mass is 10.1. The largest absolute Gasteiger partial charge is 0.454 e. The number of hydrogen-bond donors (Lipinski definition) is 1. The number of benzene rings is 1. The predicted molar refractivity (Wildman–Crippen MR) is 96.1 cm³/mol. The van der Waals surface area contributed by atoms with E-state index in [1.807, 2.05) is 6.92 Å². The Morgan fingerprint density at radius 3 is 2.73 bits per heavy atom. The maximum atomic E-state index is 12.3. The molecule has 1 aromatic carbocycles. The second-order valence-electron chi connectivity index (χ2n) is 5.48. The minimum atomic E-state index is -0.354. The fourth-order valence-corrected chi connectivity index (χ4v) is 3.26. The molecule has 0 atom stereocenters. The summed E-state index contributed by atoms with van der Waals surface area (Å²) in [7, 11) is 0. The number of amides is 1. The van der Waals surface area contributed by atoms with Crippen molar-refractivity contribution in [1.29, 1.82) is 0 Å². The molecular formula is C17H17N3O5S. The van der Waals surface area contributed by atoms with Crippen LogP contribution in [0.15, 0.2) is 34.3 Å². The second kappa shape index (κ2) is 7.61. The average Bonchev–Trinajstić information content (AvgIpc) is 3.06. The highest BCUT2D eigenvalue weighted by atomic mass is 32.2. The molecule has 0 saturated carbocycles. The van der Waals surface area contributed by atoms with E-state index < -0.39 is 0 Å². The molecule has 0 saturated heterocycles. The van der Waals surface area contributed by atoms with Crippen molar-refractivity contribution in [2.75, 3.05) is 17.9 Å². The van der Waals surface area contributed by atoms with E-state index in [-0.39, 0.29) is 29.8 Å². The van der Waals surface area contributed by atoms with Crippen LogP contribution in [-0.4, -0.2) is 33.8 Å². The minimum Gasteiger partial charge on any atom is -0.454 e. The SMILES string of the molecule is CCn1ccc(=O)nc1SCC(=O)Nc1cc2c(cc1C(C)=O)OCO2. The van der Waals surface area contributed by atoms with Gasteiger partial charge in [0.05, 0.1) is 11.4 Å². The van der Waals surface area contributed by atoms with Crippen LogP contribution in [0.5, 0.6) is 11.5 Å². The van der Waals surface area contributed by atoms with E-state index in [2.05, 4.69) is 10.3 Å². The fourth-order valence-electron chi connectivity index (χ4n) is 2.42. The van der Waals surface area contributed by atoms with Crippen LogP contribution in [0.1, 0.15) is 24.2 Å². The monoisotopic (exact) mass is 375 g/mol. The first-order valence-electron chi connectivity index (χ1n) is 7.92. The molecule has 1 N–H and O–H groups in total. The van der Waals surface area contributed by atoms with Crippen molar-refractivity contribution < 1.29 is 19.1 Å². The lowest BCUT2D eigenvalue weighted by Crippen LogP contribution is -2.18. The molecule has 9 heteroatoms. The number of nitrogens with zero attached hydrogens (tertiary/aromatic N) is 2. The summed E-state index contributed by atoms with van der Waals surface area (Å²) in [6.45, 7) is 4.04. The first-order chi connectivity index (χ1) is 12.5. The van der Waals surface area contributed by atoms with Gasteiger partial charge in [-0.1, -0.05) is 11.8 Å². The number of carbonyl (C=O) groups is 2. The highest BCUT2D eigenvalue weighted by Crippen LogP contribution is 2.37. The number of nitrogens with one attached hydrogen (secondary N) is 1. The number of rotatable bonds is 6. The van der Waals surface area contributed by atoms with Crippen molar-refractivity contribution in [3.63, 3.8) is 0 Å². The zero-order valence-electron chi connectivity index (χ0n) is 14.3. The molecule has 26 heavy (non-hydrogen) atoms. The first-order valence-corrected chi connectivity index (χ1v) is 8.91. The van der Waals surface area contributed by atoms with Gasteiger partial charge in [-0.15, -0.1) is 0 Å². The summed E-state index contributed by atoms with van der Waals surface area (Å²) in [6.07, 6.45) is 1.64. The Labute approximate surface area is 153 Å². The van der Waals surface area contributed by atoms with E-state index >= 15 is 0 Å². The Morgan fingerprint density at radius 1 is 1.31 bits per heavy atom. The Bertz CT molecular complexity index is 925. The Hall–Kier alpha value is -2.81. The van der Waals surface area contributed by atoms with Crippen LogP contribution in [0.2, 0.25) is 0 Å². The van der Waals surface area contributed by atoms with Crippen LogP contribution in [0.3, 0.4) is 0 Å². The van der Waals surface area contributed by atoms with Crippen LogP contribution in [-0.2, 0) is 11.3 Å². The summed E-state index contributed by atoms with van der Waals surface area (Å²) in [5.41, 5.74) is 0.351. The van der Waals surface area contributed by atoms with E-state index in [0.717, 1.165) is 11.8 Å². The molecule has 1 aromatic heterocycles. The molecule has 1 aliphatic heterocycles. The summed E-state index contributed by atoms with van der Waals surface area (Å²) in [4.78, 5) is 39.5. The highest BCUT2D eigenvalue weighted by Gasteiger charge is 2.20. The predicted octanol–water partition coefficient (Wildman–Crippen LogP) is 1.93. The van der Waals surface area contributed by atoms with Crippen molar-refractivity contribution in [1.82, 2.24) is 9.55 Å². The third-order valence-electron chi connectivity index (χ3n) is 3.69. The van der Waals surface area contributed by atoms with Gasteiger partial charge in [-0.25, -0.2) is 0 Å². The molecule has 0 unspecified atom stereocenters. The Morgan fingerprint density at radius 2 is 2.04 bits per heavy atom. The highest BCUT2D eigenvalue weighted by molar-refractivity contribution is 7.99. The molecule has 0 bridgehead atoms. The van der Waals surface area contributed by atoms with Gasteiger partial charge >= 0.3 is 0 Å². The summed E-state index contributed by atoms with van der Waals surface area (Å²) >= 11 is 1.15. The molecule has 0 fully saturated rings. The van der Waals surface area contributed by atoms with Crippen molar-refractivity contribution in [3.05, 3.63) is 40.3 Å². The molecular weight excluding hydrogens is 358 g/mol. The van der Waals surface area contributed by atoms with E-state index in [1.54, 1.807) is 22.9 Å². The van der Waals surface area contributed by atoms with Crippen molar-refractivity contribution in [2.24, 2.45) is 0 Å². The van der Waals surface area contributed by atoms with Gasteiger partial charge in [0.2, 0.25) is 12.7 Å². The summed E-state index contributed by atoms with van der Waals surface area (Å²) in [6, 6.07) is 4.50. The standard InChI is InChI=1S/C17H17N3O5S/c1-3-20-5-4-15(22)19-17(20)26-8-16(23)18-12-7-14-13(24-9-25-14)6-11(12)10(2)21/h4-7H,3,8-9H2,1-2H3,(H,18,23). The van der Waals surface area contributed by atoms with Gasteiger partial charge in [0.1, 0.15) is 0 Å². The Balaban J connectivity index is 1.74. The van der Waals surface area contributed by atoms with Gasteiger partial charge in [0.15, 0.2) is 22.4 Å². The van der Waals surface area contributed by atoms with E-state index in [0.29, 0.717) is 34.5 Å². The molecule has 0 radical (unpaired) electrons. The Kier molecular flexibility index (Phi) is 5.27. The molecule has 0 spiro atoms. The number of anilines is 1. The zero-order valence-corrected chi connectivity index (χ0v) is 15.1. The third-order valence-corrected chi connectivity index (χ3v) is 4.68. The quantitative estimate of drug-likeness (QED) is 0.468. The van der Waals surface area contributed by atoms with Crippen molar-refractivity contribution in [2.45, 2.75) is 25.5 Å². The molecule has 8 nitrogen and oxygen atoms in total. The lowest BCUT2D eigenvalue weighted by Gasteiger charge is -2.11. The van der Waals surface area contributed by atoms with Crippen LogP contribution in [0, 0.1) is 0 Å². The number of fused-ring (bicyclic) bond motifs is 1. The van der Waals surface area contributed by atoms with Crippen LogP contribution >= 0.6 is 11.8 Å². The molecule has 3 rings (SSSR count). The number of aromatic nitrogens is 2. The van der Waals surface area contributed by atoms with E-state index in [1.165, 1.54) is 13.0 Å². The van der Waals surface area contributed by atoms with E-state index in [4.69, 9.17) is 9.47 Å². The third kappa shape index (κ3) is 3.88. The zero-order chi connectivity index (χ0) is 18.7. The van der Waals surface area contributed by atoms with Crippen LogP contribution in [0.4, 0.5) is 5.69 Å². The molecule has 136 valence electrons. The van der Waals surface area contributed by atoms with Gasteiger partial charge in [-0.05, 0) is 19.9 Å². The van der Waals surface area contributed by atoms with Crippen molar-refractivity contribution >= 4 is 29.1 Å². The maximum absolute atomic E-state index is 12.3. The van der Waals surface area contributed by atoms with Gasteiger partial charge in [-0.3, -0.25) is 14.4 Å². The van der Waals surface area contributed by atoms with Gasteiger partial charge < -0.3 is 19.4 Å². The molecule has 1 amide bonds.